The van der Waals surface area contributed by atoms with E-state index in [0.29, 0.717) is 34.2 Å². The number of rotatable bonds is 9. The number of benzene rings is 2. The third kappa shape index (κ3) is 4.58. The largest absolute Gasteiger partial charge is 0.480 e. The quantitative estimate of drug-likeness (QED) is 0.317. The molecule has 0 bridgehead atoms. The minimum atomic E-state index is -1.14. The molecule has 168 valence electrons. The van der Waals surface area contributed by atoms with Crippen molar-refractivity contribution in [2.75, 3.05) is 0 Å². The van der Waals surface area contributed by atoms with Crippen LogP contribution in [0.1, 0.15) is 59.4 Å². The van der Waals surface area contributed by atoms with E-state index < -0.39 is 29.7 Å². The topological polar surface area (TPSA) is 127 Å². The maximum atomic E-state index is 13.2. The van der Waals surface area contributed by atoms with Gasteiger partial charge >= 0.3 is 5.97 Å². The molecule has 0 fully saturated rings. The van der Waals surface area contributed by atoms with Crippen molar-refractivity contribution < 1.29 is 24.3 Å². The molecule has 2 unspecified atom stereocenters. The highest BCUT2D eigenvalue weighted by Crippen LogP contribution is 2.47. The van der Waals surface area contributed by atoms with Crippen LogP contribution in [0, 0.1) is 5.92 Å². The Bertz CT molecular complexity index is 1190. The fraction of sp³-hybridized carbons (Fsp3) is 0.304. The zero-order valence-electron chi connectivity index (χ0n) is 17.9. The second-order valence-electron chi connectivity index (χ2n) is 8.03. The molecule has 2 aromatic carbocycles. The number of fused-ring (bicyclic) bond motifs is 1. The van der Waals surface area contributed by atoms with E-state index in [2.05, 4.69) is 5.32 Å². The standard InChI is InChI=1S/C23H24N2O5S2/c1-11(2)8-17(22(28)25-12(3)23(29)30)16-9-13(10-26)19-20(32-31-19)18(16)14-6-4-5-7-15(14)21(24)27/h4-7,9-12,17H,8H2,1-3H3,(H2,24,27)(H,25,28)(H,29,30). The molecule has 1 aromatic heterocycles. The van der Waals surface area contributed by atoms with E-state index >= 15 is 0 Å². The number of amides is 2. The van der Waals surface area contributed by atoms with Crippen LogP contribution >= 0.6 is 20.7 Å². The predicted octanol–water partition coefficient (Wildman–Crippen LogP) is 4.26. The number of nitrogens with one attached hydrogen (secondary N) is 1. The van der Waals surface area contributed by atoms with Gasteiger partial charge in [0, 0.05) is 16.7 Å². The van der Waals surface area contributed by atoms with Gasteiger partial charge in [-0.25, -0.2) is 0 Å². The Morgan fingerprint density at radius 3 is 2.31 bits per heavy atom. The average Bonchev–Trinajstić information content (AvgIpc) is 2.71. The molecule has 0 saturated carbocycles. The number of aliphatic carboxylic acids is 1. The molecule has 7 nitrogen and oxygen atoms in total. The van der Waals surface area contributed by atoms with Gasteiger partial charge in [0.05, 0.1) is 15.3 Å². The lowest BCUT2D eigenvalue weighted by Gasteiger charge is -2.25. The number of hydrogen-bond acceptors (Lipinski definition) is 6. The van der Waals surface area contributed by atoms with E-state index in [4.69, 9.17) is 5.73 Å². The molecule has 0 saturated heterocycles. The molecule has 0 radical (unpaired) electrons. The average molecular weight is 473 g/mol. The summed E-state index contributed by atoms with van der Waals surface area (Å²) in [5.74, 6) is -2.79. The van der Waals surface area contributed by atoms with Crippen molar-refractivity contribution in [3.8, 4) is 11.1 Å². The Hall–Kier alpha value is -3.04. The zero-order valence-corrected chi connectivity index (χ0v) is 19.5. The molecule has 0 aliphatic rings. The molecular formula is C23H24N2O5S2. The maximum Gasteiger partial charge on any atom is 0.325 e. The first-order valence-electron chi connectivity index (χ1n) is 10.1. The second kappa shape index (κ2) is 9.62. The van der Waals surface area contributed by atoms with Crippen LogP contribution in [0.5, 0.6) is 0 Å². The summed E-state index contributed by atoms with van der Waals surface area (Å²) in [5.41, 5.74) is 8.26. The number of carbonyl (C=O) groups excluding carboxylic acids is 3. The highest BCUT2D eigenvalue weighted by atomic mass is 32.9. The van der Waals surface area contributed by atoms with Gasteiger partial charge in [0.2, 0.25) is 11.8 Å². The van der Waals surface area contributed by atoms with Crippen LogP contribution in [-0.4, -0.2) is 35.2 Å². The molecule has 3 rings (SSSR count). The van der Waals surface area contributed by atoms with Gasteiger partial charge in [0.1, 0.15) is 6.04 Å². The Morgan fingerprint density at radius 2 is 1.78 bits per heavy atom. The molecule has 3 aromatic rings. The van der Waals surface area contributed by atoms with Gasteiger partial charge < -0.3 is 16.2 Å². The minimum Gasteiger partial charge on any atom is -0.480 e. The molecule has 4 N–H and O–H groups in total. The van der Waals surface area contributed by atoms with Crippen molar-refractivity contribution in [1.82, 2.24) is 5.32 Å². The van der Waals surface area contributed by atoms with Crippen LogP contribution in [-0.2, 0) is 9.59 Å². The second-order valence-corrected chi connectivity index (χ2v) is 10.2. The summed E-state index contributed by atoms with van der Waals surface area (Å²) in [5, 5.41) is 11.8. The van der Waals surface area contributed by atoms with E-state index in [0.717, 1.165) is 15.7 Å². The normalized spacial score (nSPS) is 13.1. The lowest BCUT2D eigenvalue weighted by atomic mass is 9.82. The molecule has 2 atom stereocenters. The van der Waals surface area contributed by atoms with E-state index in [9.17, 15) is 24.3 Å². The first kappa shape index (κ1) is 23.6. The SMILES string of the molecule is CC(C)CC(C(=O)NC(C)C(=O)O)c1cc(C=O)c2ssc2c1-c1ccccc1C(N)=O. The van der Waals surface area contributed by atoms with Crippen molar-refractivity contribution in [1.29, 1.82) is 0 Å². The number of carbonyl (C=O) groups is 4. The van der Waals surface area contributed by atoms with Gasteiger partial charge in [0.25, 0.3) is 0 Å². The molecule has 0 spiro atoms. The summed E-state index contributed by atoms with van der Waals surface area (Å²) in [6.45, 7) is 5.32. The van der Waals surface area contributed by atoms with E-state index in [1.54, 1.807) is 30.3 Å². The van der Waals surface area contributed by atoms with E-state index in [1.807, 2.05) is 13.8 Å². The zero-order chi connectivity index (χ0) is 23.6. The lowest BCUT2D eigenvalue weighted by molar-refractivity contribution is -0.141. The number of nitrogens with two attached hydrogens (primary N) is 1. The third-order valence-corrected chi connectivity index (χ3v) is 7.86. The van der Waals surface area contributed by atoms with Crippen LogP contribution in [0.2, 0.25) is 0 Å². The first-order valence-corrected chi connectivity index (χ1v) is 12.2. The number of primary amides is 1. The minimum absolute atomic E-state index is 0.109. The molecule has 9 heteroatoms. The van der Waals surface area contributed by atoms with Gasteiger partial charge in [-0.15, -0.1) is 0 Å². The van der Waals surface area contributed by atoms with Crippen LogP contribution < -0.4 is 11.1 Å². The van der Waals surface area contributed by atoms with Crippen molar-refractivity contribution in [3.63, 3.8) is 0 Å². The number of aldehydes is 1. The van der Waals surface area contributed by atoms with Crippen molar-refractivity contribution in [2.45, 2.75) is 39.2 Å². The van der Waals surface area contributed by atoms with E-state index in [-0.39, 0.29) is 5.92 Å². The van der Waals surface area contributed by atoms with Crippen molar-refractivity contribution in [3.05, 3.63) is 47.0 Å². The molecule has 2 amide bonds. The van der Waals surface area contributed by atoms with Crippen molar-refractivity contribution in [2.24, 2.45) is 11.7 Å². The molecule has 32 heavy (non-hydrogen) atoms. The van der Waals surface area contributed by atoms with Crippen LogP contribution in [0.15, 0.2) is 30.3 Å². The first-order chi connectivity index (χ1) is 15.1. The Morgan fingerprint density at radius 1 is 1.12 bits per heavy atom. The summed E-state index contributed by atoms with van der Waals surface area (Å²) >= 11 is 0. The fourth-order valence-electron chi connectivity index (χ4n) is 3.67. The van der Waals surface area contributed by atoms with Gasteiger partial charge in [-0.3, -0.25) is 19.2 Å². The summed E-state index contributed by atoms with van der Waals surface area (Å²) in [4.78, 5) is 48.5. The van der Waals surface area contributed by atoms with Gasteiger partial charge in [-0.1, -0.05) is 52.7 Å². The highest BCUT2D eigenvalue weighted by molar-refractivity contribution is 7.78. The molecular weight excluding hydrogens is 448 g/mol. The highest BCUT2D eigenvalue weighted by Gasteiger charge is 2.31. The Kier molecular flexibility index (Phi) is 7.10. The van der Waals surface area contributed by atoms with Crippen molar-refractivity contribution >= 4 is 54.2 Å². The van der Waals surface area contributed by atoms with Gasteiger partial charge in [-0.2, -0.15) is 0 Å². The smallest absolute Gasteiger partial charge is 0.325 e. The lowest BCUT2D eigenvalue weighted by Crippen LogP contribution is -2.41. The molecule has 0 aliphatic heterocycles. The predicted molar refractivity (Wildman–Crippen MR) is 126 cm³/mol. The van der Waals surface area contributed by atoms with Crippen LogP contribution in [0.25, 0.3) is 20.5 Å². The Labute approximate surface area is 192 Å². The summed E-state index contributed by atoms with van der Waals surface area (Å²) in [7, 11) is 2.92. The summed E-state index contributed by atoms with van der Waals surface area (Å²) < 4.78 is 1.61. The summed E-state index contributed by atoms with van der Waals surface area (Å²) in [6.07, 6.45) is 1.18. The Balaban J connectivity index is 2.29. The van der Waals surface area contributed by atoms with E-state index in [1.165, 1.54) is 27.6 Å². The summed E-state index contributed by atoms with van der Waals surface area (Å²) in [6, 6.07) is 7.51. The van der Waals surface area contributed by atoms with Gasteiger partial charge in [-0.05, 0) is 42.5 Å². The third-order valence-electron chi connectivity index (χ3n) is 5.22. The number of hydrogen-bond donors (Lipinski definition) is 3. The number of carboxylic acid groups (broad SMARTS) is 1. The molecule has 1 heterocycles. The monoisotopic (exact) mass is 472 g/mol. The van der Waals surface area contributed by atoms with Gasteiger partial charge in [0.15, 0.2) is 6.29 Å². The number of carboxylic acids is 1. The maximum absolute atomic E-state index is 13.2. The fourth-order valence-corrected chi connectivity index (χ4v) is 5.95. The van der Waals surface area contributed by atoms with Crippen LogP contribution in [0.4, 0.5) is 0 Å². The molecule has 0 aliphatic carbocycles. The van der Waals surface area contributed by atoms with Crippen LogP contribution in [0.3, 0.4) is 0 Å².